The molecule has 62 heavy (non-hydrogen) atoms. The van der Waals surface area contributed by atoms with Gasteiger partial charge < -0.3 is 56.7 Å². The fourth-order valence-corrected chi connectivity index (χ4v) is 6.77. The van der Waals surface area contributed by atoms with Crippen LogP contribution in [0.5, 0.6) is 23.0 Å². The number of hydrogen-bond acceptors (Lipinski definition) is 14. The fraction of sp³-hybridized carbons (Fsp3) is 0.415. The van der Waals surface area contributed by atoms with E-state index in [9.17, 15) is 34.2 Å². The number of carbonyl (C=O) groups excluding carboxylic acids is 5. The normalized spacial score (nSPS) is 13.5. The molecule has 3 aromatic rings. The van der Waals surface area contributed by atoms with Crippen molar-refractivity contribution in [1.82, 2.24) is 26.6 Å². The standard InChI is InChI=1S/C21H11NO5S.C20H39N9O5/c23-12-2-5-16-18(8-12)26-19-9-13(24)3-6-17(19)21(16)15-4-1-11(22-10-28)7-14(15)20(25)27-21;1-14(2)12-16(27-15(3)30)20(33)28-17(13-18(31)24-7-6-23-5-4-21)19(32)25-8-10-34-11-9-26-29-22/h1-9,23-24H;14,16-17,23H,4-13,21H2,1-3H3,(H,24,31)(H,25,32)(H,27,30)(H,28,33)/p+1/t;16-,17+/m.1/s1. The Morgan fingerprint density at radius 3 is 2.19 bits per heavy atom. The Morgan fingerprint density at radius 1 is 0.903 bits per heavy atom. The fourth-order valence-electron chi connectivity index (χ4n) is 6.67. The molecule has 2 atom stereocenters. The molecule has 0 fully saturated rings. The van der Waals surface area contributed by atoms with Crippen molar-refractivity contribution in [1.29, 1.82) is 0 Å². The number of phenols is 2. The molecule has 0 aliphatic carbocycles. The number of quaternary nitrogens is 1. The lowest BCUT2D eigenvalue weighted by Crippen LogP contribution is -2.55. The average Bonchev–Trinajstić information content (AvgIpc) is 3.50. The van der Waals surface area contributed by atoms with Gasteiger partial charge in [0.15, 0.2) is 5.60 Å². The van der Waals surface area contributed by atoms with E-state index in [-0.39, 0.29) is 56.0 Å². The number of carbonyl (C=O) groups is 5. The monoisotopic (exact) mass is 875 g/mol. The van der Waals surface area contributed by atoms with Gasteiger partial charge in [-0.25, -0.2) is 4.79 Å². The molecule has 0 aromatic heterocycles. The van der Waals surface area contributed by atoms with E-state index in [1.54, 1.807) is 30.3 Å². The van der Waals surface area contributed by atoms with E-state index in [0.29, 0.717) is 59.0 Å². The van der Waals surface area contributed by atoms with Gasteiger partial charge in [0.2, 0.25) is 23.6 Å². The Morgan fingerprint density at radius 2 is 1.58 bits per heavy atom. The highest BCUT2D eigenvalue weighted by molar-refractivity contribution is 7.78. The summed E-state index contributed by atoms with van der Waals surface area (Å²) in [7, 11) is 0. The topological polar surface area (TPSA) is 302 Å². The first-order chi connectivity index (χ1) is 29.7. The summed E-state index contributed by atoms with van der Waals surface area (Å²) in [5.74, 6) is -1.58. The van der Waals surface area contributed by atoms with E-state index in [4.69, 9.17) is 19.7 Å². The highest BCUT2D eigenvalue weighted by Gasteiger charge is 2.53. The van der Waals surface area contributed by atoms with Crippen LogP contribution in [0.2, 0.25) is 0 Å². The summed E-state index contributed by atoms with van der Waals surface area (Å²) >= 11 is 4.64. The van der Waals surface area contributed by atoms with Gasteiger partial charge in [0, 0.05) is 73.4 Å². The molecule has 3 aromatic carbocycles. The summed E-state index contributed by atoms with van der Waals surface area (Å²) in [6, 6.07) is 12.3. The number of fused-ring (bicyclic) bond motifs is 6. The molecular formula is C41H51N10O10S+. The van der Waals surface area contributed by atoms with E-state index in [0.717, 1.165) is 13.1 Å². The molecule has 0 unspecified atom stereocenters. The number of azide groups is 1. The van der Waals surface area contributed by atoms with Gasteiger partial charge in [0.1, 0.15) is 35.1 Å². The van der Waals surface area contributed by atoms with Gasteiger partial charge in [-0.2, -0.15) is 4.99 Å². The number of benzene rings is 3. The van der Waals surface area contributed by atoms with Crippen LogP contribution in [0.25, 0.3) is 10.4 Å². The minimum atomic E-state index is -1.27. The Labute approximate surface area is 362 Å². The van der Waals surface area contributed by atoms with Gasteiger partial charge in [-0.3, -0.25) is 19.2 Å². The van der Waals surface area contributed by atoms with Crippen LogP contribution in [0.1, 0.15) is 60.7 Å². The molecule has 21 heteroatoms. The van der Waals surface area contributed by atoms with Crippen LogP contribution in [0.3, 0.4) is 0 Å². The minimum absolute atomic E-state index is 0.00715. The molecule has 5 rings (SSSR count). The molecule has 0 saturated carbocycles. The maximum atomic E-state index is 12.8. The van der Waals surface area contributed by atoms with Crippen molar-refractivity contribution in [2.24, 2.45) is 16.0 Å². The molecule has 4 amide bonds. The van der Waals surface area contributed by atoms with Gasteiger partial charge in [-0.1, -0.05) is 25.0 Å². The second-order valence-corrected chi connectivity index (χ2v) is 14.6. The van der Waals surface area contributed by atoms with Crippen molar-refractivity contribution in [2.45, 2.75) is 51.3 Å². The van der Waals surface area contributed by atoms with Gasteiger partial charge in [0.05, 0.1) is 42.6 Å². The Bertz CT molecular complexity index is 2160. The van der Waals surface area contributed by atoms with E-state index < -0.39 is 41.4 Å². The number of aliphatic imine (C=N–C) groups is 1. The number of amides is 4. The largest absolute Gasteiger partial charge is 0.508 e. The molecule has 20 nitrogen and oxygen atoms in total. The summed E-state index contributed by atoms with van der Waals surface area (Å²) in [6.07, 6.45) is 0.113. The zero-order chi connectivity index (χ0) is 45.2. The second-order valence-electron chi connectivity index (χ2n) is 14.4. The van der Waals surface area contributed by atoms with Crippen LogP contribution in [0.4, 0.5) is 5.69 Å². The number of phenolic OH excluding ortho intramolecular Hbond substituents is 2. The second kappa shape index (κ2) is 23.4. The van der Waals surface area contributed by atoms with E-state index in [1.807, 2.05) is 13.8 Å². The SMILES string of the molecule is CC(=O)N[C@H](CC(C)C)C(=O)N[C@@H](CC(=O)NCCNCC[NH3+])C(=O)NCCOCCN=[N+]=[N-].O=C1OC2(c3ccc(O)cc3Oc3cc(O)ccc32)c2ccc(N=C=S)cc21. The highest BCUT2D eigenvalue weighted by atomic mass is 32.1. The van der Waals surface area contributed by atoms with Crippen molar-refractivity contribution in [2.75, 3.05) is 52.5 Å². The average molecular weight is 876 g/mol. The molecule has 10 N–H and O–H groups in total. The van der Waals surface area contributed by atoms with Crippen molar-refractivity contribution >= 4 is 52.7 Å². The maximum Gasteiger partial charge on any atom is 0.340 e. The van der Waals surface area contributed by atoms with Crippen LogP contribution in [-0.2, 0) is 34.3 Å². The lowest BCUT2D eigenvalue weighted by Gasteiger charge is -2.36. The third kappa shape index (κ3) is 13.0. The number of nitrogens with zero attached hydrogens (tertiary/aromatic N) is 4. The Hall–Kier alpha value is -6.60. The first kappa shape index (κ1) is 48.1. The van der Waals surface area contributed by atoms with E-state index >= 15 is 0 Å². The summed E-state index contributed by atoms with van der Waals surface area (Å²) in [6.45, 7) is 8.17. The minimum Gasteiger partial charge on any atom is -0.508 e. The van der Waals surface area contributed by atoms with E-state index in [2.05, 4.69) is 64.7 Å². The first-order valence-electron chi connectivity index (χ1n) is 19.7. The third-order valence-corrected chi connectivity index (χ3v) is 9.37. The first-order valence-corrected chi connectivity index (χ1v) is 20.2. The number of esters is 1. The quantitative estimate of drug-likeness (QED) is 0.0154. The van der Waals surface area contributed by atoms with Gasteiger partial charge in [-0.05, 0) is 66.5 Å². The van der Waals surface area contributed by atoms with Crippen molar-refractivity contribution in [3.63, 3.8) is 0 Å². The van der Waals surface area contributed by atoms with E-state index in [1.165, 1.54) is 31.2 Å². The summed E-state index contributed by atoms with van der Waals surface area (Å²) in [4.78, 5) is 68.7. The van der Waals surface area contributed by atoms with Gasteiger partial charge >= 0.3 is 5.97 Å². The molecule has 2 aliphatic heterocycles. The van der Waals surface area contributed by atoms with Crippen LogP contribution in [0, 0.1) is 5.92 Å². The maximum absolute atomic E-state index is 12.8. The predicted molar refractivity (Wildman–Crippen MR) is 228 cm³/mol. The van der Waals surface area contributed by atoms with Crippen molar-refractivity contribution < 1.29 is 54.1 Å². The highest BCUT2D eigenvalue weighted by Crippen LogP contribution is 2.57. The number of ether oxygens (including phenoxy) is 3. The number of nitrogens with one attached hydrogen (secondary N) is 5. The number of isothiocyanates is 1. The number of rotatable bonds is 20. The smallest absolute Gasteiger partial charge is 0.340 e. The van der Waals surface area contributed by atoms with Gasteiger partial charge in [0.25, 0.3) is 0 Å². The molecule has 0 bridgehead atoms. The van der Waals surface area contributed by atoms with Crippen LogP contribution in [0.15, 0.2) is 64.7 Å². The molecular weight excluding hydrogens is 825 g/mol. The van der Waals surface area contributed by atoms with Crippen LogP contribution in [-0.4, -0.2) is 110 Å². The van der Waals surface area contributed by atoms with Crippen LogP contribution >= 0.6 is 12.2 Å². The van der Waals surface area contributed by atoms with Crippen molar-refractivity contribution in [3.8, 4) is 23.0 Å². The predicted octanol–water partition coefficient (Wildman–Crippen LogP) is 2.20. The van der Waals surface area contributed by atoms with Crippen LogP contribution < -0.4 is 37.1 Å². The molecule has 330 valence electrons. The lowest BCUT2D eigenvalue weighted by molar-refractivity contribution is -0.365. The molecule has 0 radical (unpaired) electrons. The number of hydrogen-bond donors (Lipinski definition) is 8. The third-order valence-electron chi connectivity index (χ3n) is 9.28. The lowest BCUT2D eigenvalue weighted by atomic mass is 9.77. The molecule has 2 heterocycles. The van der Waals surface area contributed by atoms with Crippen molar-refractivity contribution in [3.05, 3.63) is 87.3 Å². The number of aromatic hydroxyl groups is 2. The summed E-state index contributed by atoms with van der Waals surface area (Å²) in [5.41, 5.74) is 13.3. The summed E-state index contributed by atoms with van der Waals surface area (Å²) in [5, 5.41) is 39.0. The molecule has 2 aliphatic rings. The zero-order valence-electron chi connectivity index (χ0n) is 34.6. The Kier molecular flexibility index (Phi) is 18.2. The molecule has 0 saturated heterocycles. The Balaban J connectivity index is 0.000000276. The molecule has 1 spiro atoms. The summed E-state index contributed by atoms with van der Waals surface area (Å²) < 4.78 is 17.1. The zero-order valence-corrected chi connectivity index (χ0v) is 35.4. The van der Waals surface area contributed by atoms with Gasteiger partial charge in [-0.15, -0.1) is 0 Å². The number of thiocarbonyl (C=S) groups is 1.